The summed E-state index contributed by atoms with van der Waals surface area (Å²) in [6.07, 6.45) is -2.58. The molecule has 0 aliphatic carbocycles. The Balaban J connectivity index is 3.22. The molecule has 14 heavy (non-hydrogen) atoms. The fourth-order valence-electron chi connectivity index (χ4n) is 0.894. The van der Waals surface area contributed by atoms with Crippen molar-refractivity contribution in [2.75, 3.05) is 0 Å². The Kier molecular flexibility index (Phi) is 3.11. The summed E-state index contributed by atoms with van der Waals surface area (Å²) in [5.41, 5.74) is -0.618. The van der Waals surface area contributed by atoms with Crippen LogP contribution in [0, 0.1) is 11.3 Å². The van der Waals surface area contributed by atoms with Gasteiger partial charge in [-0.15, -0.1) is 0 Å². The molecule has 0 amide bonds. The molecule has 0 aliphatic rings. The topological polar surface area (TPSA) is 36.7 Å². The summed E-state index contributed by atoms with van der Waals surface area (Å²) in [4.78, 5) is 3.43. The van der Waals surface area contributed by atoms with Gasteiger partial charge < -0.3 is 0 Å². The molecule has 0 unspecified atom stereocenters. The summed E-state index contributed by atoms with van der Waals surface area (Å²) in [5.74, 6) is 0. The molecule has 2 nitrogen and oxygen atoms in total. The standard InChI is InChI=1S/C8H4BrF3N2/c9-7-5(1-2-13)3-14-4-6(7)8(10,11)12/h3-4H,1H2. The Morgan fingerprint density at radius 1 is 1.43 bits per heavy atom. The molecule has 0 radical (unpaired) electrons. The zero-order valence-electron chi connectivity index (χ0n) is 6.77. The van der Waals surface area contributed by atoms with Crippen LogP contribution in [-0.4, -0.2) is 4.98 Å². The predicted molar refractivity (Wildman–Crippen MR) is 46.3 cm³/mol. The Bertz CT molecular complexity index is 381. The smallest absolute Gasteiger partial charge is 0.264 e. The first-order chi connectivity index (χ1) is 6.46. The molecule has 0 saturated carbocycles. The Morgan fingerprint density at radius 2 is 2.07 bits per heavy atom. The first-order valence-corrected chi connectivity index (χ1v) is 4.32. The molecule has 1 aromatic rings. The zero-order valence-corrected chi connectivity index (χ0v) is 8.35. The van der Waals surface area contributed by atoms with E-state index in [1.165, 1.54) is 6.20 Å². The maximum atomic E-state index is 12.3. The van der Waals surface area contributed by atoms with E-state index in [0.29, 0.717) is 0 Å². The van der Waals surface area contributed by atoms with Crippen molar-refractivity contribution >= 4 is 15.9 Å². The highest BCUT2D eigenvalue weighted by atomic mass is 79.9. The van der Waals surface area contributed by atoms with Gasteiger partial charge in [-0.1, -0.05) is 0 Å². The second kappa shape index (κ2) is 3.96. The SMILES string of the molecule is N#CCc1cncc(C(F)(F)F)c1Br. The molecule has 1 heterocycles. The number of halogens is 4. The van der Waals surface area contributed by atoms with E-state index in [-0.39, 0.29) is 16.5 Å². The summed E-state index contributed by atoms with van der Waals surface area (Å²) in [6, 6.07) is 1.77. The lowest BCUT2D eigenvalue weighted by molar-refractivity contribution is -0.138. The third-order valence-electron chi connectivity index (χ3n) is 1.53. The Hall–Kier alpha value is -1.09. The number of nitriles is 1. The van der Waals surface area contributed by atoms with Gasteiger partial charge in [-0.3, -0.25) is 4.98 Å². The van der Waals surface area contributed by atoms with Gasteiger partial charge in [0.15, 0.2) is 0 Å². The quantitative estimate of drug-likeness (QED) is 0.782. The molecule has 0 aliphatic heterocycles. The Labute approximate surface area is 86.5 Å². The van der Waals surface area contributed by atoms with Crippen LogP contribution in [0.5, 0.6) is 0 Å². The normalized spacial score (nSPS) is 11.1. The molecule has 1 aromatic heterocycles. The number of nitrogens with zero attached hydrogens (tertiary/aromatic N) is 2. The predicted octanol–water partition coefficient (Wildman–Crippen LogP) is 2.93. The van der Waals surface area contributed by atoms with Crippen molar-refractivity contribution < 1.29 is 13.2 Å². The minimum absolute atomic E-state index is 0.0997. The van der Waals surface area contributed by atoms with Crippen molar-refractivity contribution in [2.45, 2.75) is 12.6 Å². The number of hydrogen-bond acceptors (Lipinski definition) is 2. The van der Waals surface area contributed by atoms with Crippen molar-refractivity contribution in [2.24, 2.45) is 0 Å². The van der Waals surface area contributed by atoms with Gasteiger partial charge in [0.1, 0.15) is 0 Å². The monoisotopic (exact) mass is 264 g/mol. The highest BCUT2D eigenvalue weighted by Crippen LogP contribution is 2.35. The fourth-order valence-corrected chi connectivity index (χ4v) is 1.46. The van der Waals surface area contributed by atoms with Crippen LogP contribution in [0.2, 0.25) is 0 Å². The average Bonchev–Trinajstić information content (AvgIpc) is 2.07. The lowest BCUT2D eigenvalue weighted by Crippen LogP contribution is -2.08. The van der Waals surface area contributed by atoms with Crippen molar-refractivity contribution in [3.8, 4) is 6.07 Å². The highest BCUT2D eigenvalue weighted by molar-refractivity contribution is 9.10. The zero-order chi connectivity index (χ0) is 10.8. The van der Waals surface area contributed by atoms with Crippen LogP contribution in [0.3, 0.4) is 0 Å². The number of aromatic nitrogens is 1. The number of hydrogen-bond donors (Lipinski definition) is 0. The molecule has 0 N–H and O–H groups in total. The maximum Gasteiger partial charge on any atom is 0.418 e. The van der Waals surface area contributed by atoms with Crippen molar-refractivity contribution in [1.82, 2.24) is 4.98 Å². The fraction of sp³-hybridized carbons (Fsp3) is 0.250. The van der Waals surface area contributed by atoms with Crippen LogP contribution in [0.4, 0.5) is 13.2 Å². The summed E-state index contributed by atoms with van der Waals surface area (Å²) in [5, 5.41) is 8.36. The van der Waals surface area contributed by atoms with E-state index in [4.69, 9.17) is 5.26 Å². The van der Waals surface area contributed by atoms with Gasteiger partial charge in [0.05, 0.1) is 18.1 Å². The van der Waals surface area contributed by atoms with E-state index in [1.54, 1.807) is 6.07 Å². The molecule has 0 aromatic carbocycles. The van der Waals surface area contributed by atoms with Gasteiger partial charge in [-0.2, -0.15) is 18.4 Å². The molecule has 1 rings (SSSR count). The first-order valence-electron chi connectivity index (χ1n) is 3.53. The molecule has 0 bridgehead atoms. The van der Waals surface area contributed by atoms with E-state index >= 15 is 0 Å². The molecule has 0 fully saturated rings. The van der Waals surface area contributed by atoms with Gasteiger partial charge in [-0.25, -0.2) is 0 Å². The molecule has 0 saturated heterocycles. The second-order valence-electron chi connectivity index (χ2n) is 2.49. The summed E-state index contributed by atoms with van der Waals surface area (Å²) in [7, 11) is 0. The van der Waals surface area contributed by atoms with Gasteiger partial charge >= 0.3 is 6.18 Å². The third-order valence-corrected chi connectivity index (χ3v) is 2.46. The van der Waals surface area contributed by atoms with E-state index < -0.39 is 11.7 Å². The number of pyridine rings is 1. The van der Waals surface area contributed by atoms with Crippen LogP contribution in [0.15, 0.2) is 16.9 Å². The lowest BCUT2D eigenvalue weighted by Gasteiger charge is -2.09. The van der Waals surface area contributed by atoms with Crippen LogP contribution in [-0.2, 0) is 12.6 Å². The highest BCUT2D eigenvalue weighted by Gasteiger charge is 2.34. The van der Waals surface area contributed by atoms with E-state index in [0.717, 1.165) is 6.20 Å². The first kappa shape index (κ1) is 11.0. The van der Waals surface area contributed by atoms with E-state index in [1.807, 2.05) is 0 Å². The van der Waals surface area contributed by atoms with Gasteiger partial charge in [0.2, 0.25) is 0 Å². The molecular weight excluding hydrogens is 261 g/mol. The summed E-state index contributed by atoms with van der Waals surface area (Å²) < 4.78 is 36.8. The van der Waals surface area contributed by atoms with Crippen LogP contribution < -0.4 is 0 Å². The largest absolute Gasteiger partial charge is 0.418 e. The Morgan fingerprint density at radius 3 is 2.57 bits per heavy atom. The van der Waals surface area contributed by atoms with Gasteiger partial charge in [0.25, 0.3) is 0 Å². The van der Waals surface area contributed by atoms with Crippen molar-refractivity contribution in [1.29, 1.82) is 5.26 Å². The molecular formula is C8H4BrF3N2. The molecule has 0 atom stereocenters. The van der Waals surface area contributed by atoms with Crippen LogP contribution >= 0.6 is 15.9 Å². The molecule has 6 heteroatoms. The molecule has 74 valence electrons. The van der Waals surface area contributed by atoms with Crippen LogP contribution in [0.25, 0.3) is 0 Å². The summed E-state index contributed by atoms with van der Waals surface area (Å²) in [6.45, 7) is 0. The van der Waals surface area contributed by atoms with Crippen molar-refractivity contribution in [3.63, 3.8) is 0 Å². The minimum atomic E-state index is -4.45. The lowest BCUT2D eigenvalue weighted by atomic mass is 10.1. The maximum absolute atomic E-state index is 12.3. The van der Waals surface area contributed by atoms with Gasteiger partial charge in [0, 0.05) is 16.9 Å². The second-order valence-corrected chi connectivity index (χ2v) is 3.29. The summed E-state index contributed by atoms with van der Waals surface area (Å²) >= 11 is 2.81. The number of alkyl halides is 3. The average molecular weight is 265 g/mol. The molecule has 0 spiro atoms. The minimum Gasteiger partial charge on any atom is -0.264 e. The third kappa shape index (κ3) is 2.23. The number of rotatable bonds is 1. The van der Waals surface area contributed by atoms with E-state index in [9.17, 15) is 13.2 Å². The van der Waals surface area contributed by atoms with Crippen LogP contribution in [0.1, 0.15) is 11.1 Å². The van der Waals surface area contributed by atoms with E-state index in [2.05, 4.69) is 20.9 Å². The van der Waals surface area contributed by atoms with Gasteiger partial charge in [-0.05, 0) is 21.5 Å². The van der Waals surface area contributed by atoms with Crippen molar-refractivity contribution in [3.05, 3.63) is 28.0 Å².